The fraction of sp³-hybridized carbons (Fsp3) is 0.381. The molecule has 0 aliphatic carbocycles. The molecule has 3 aromatic rings. The van der Waals surface area contributed by atoms with E-state index >= 15 is 0 Å². The van der Waals surface area contributed by atoms with Gasteiger partial charge in [-0.2, -0.15) is 0 Å². The molecule has 1 fully saturated rings. The van der Waals surface area contributed by atoms with E-state index in [-0.39, 0.29) is 12.0 Å². The summed E-state index contributed by atoms with van der Waals surface area (Å²) in [5.74, 6) is 0.135. The van der Waals surface area contributed by atoms with E-state index in [4.69, 9.17) is 4.74 Å². The fourth-order valence-corrected chi connectivity index (χ4v) is 4.34. The van der Waals surface area contributed by atoms with Gasteiger partial charge in [0.15, 0.2) is 0 Å². The third kappa shape index (κ3) is 4.70. The van der Waals surface area contributed by atoms with Crippen LogP contribution in [0.5, 0.6) is 0 Å². The Hall–Kier alpha value is -2.31. The Morgan fingerprint density at radius 2 is 2.11 bits per heavy atom. The first-order valence-electron chi connectivity index (χ1n) is 9.42. The van der Waals surface area contributed by atoms with Gasteiger partial charge in [0, 0.05) is 32.2 Å². The summed E-state index contributed by atoms with van der Waals surface area (Å²) in [6.07, 6.45) is 5.12. The molecule has 6 heteroatoms. The normalized spacial score (nSPS) is 16.7. The van der Waals surface area contributed by atoms with Crippen LogP contribution in [0.3, 0.4) is 0 Å². The van der Waals surface area contributed by atoms with Gasteiger partial charge < -0.3 is 9.64 Å². The topological polar surface area (TPSA) is 55.3 Å². The van der Waals surface area contributed by atoms with Crippen molar-refractivity contribution in [1.82, 2.24) is 14.9 Å². The number of aromatic nitrogens is 2. The summed E-state index contributed by atoms with van der Waals surface area (Å²) in [6.45, 7) is 1.95. The number of benzene rings is 1. The van der Waals surface area contributed by atoms with Gasteiger partial charge in [-0.15, -0.1) is 11.3 Å². The number of hydrogen-bond acceptors (Lipinski definition) is 5. The van der Waals surface area contributed by atoms with Gasteiger partial charge >= 0.3 is 0 Å². The second-order valence-electron chi connectivity index (χ2n) is 6.81. The molecular weight excluding hydrogens is 358 g/mol. The minimum atomic E-state index is 0.135. The number of carbonyl (C=O) groups is 1. The number of amides is 1. The largest absolute Gasteiger partial charge is 0.376 e. The van der Waals surface area contributed by atoms with E-state index in [0.29, 0.717) is 25.9 Å². The van der Waals surface area contributed by atoms with Gasteiger partial charge in [-0.25, -0.2) is 4.98 Å². The molecule has 1 unspecified atom stereocenters. The van der Waals surface area contributed by atoms with Crippen molar-refractivity contribution in [3.63, 3.8) is 0 Å². The molecule has 1 aliphatic rings. The maximum Gasteiger partial charge on any atom is 0.223 e. The van der Waals surface area contributed by atoms with Crippen LogP contribution in [-0.2, 0) is 22.5 Å². The number of fused-ring (bicyclic) bond motifs is 1. The van der Waals surface area contributed by atoms with Crippen LogP contribution in [0, 0.1) is 0 Å². The Kier molecular flexibility index (Phi) is 5.75. The monoisotopic (exact) mass is 381 g/mol. The fourth-order valence-electron chi connectivity index (χ4n) is 3.37. The summed E-state index contributed by atoms with van der Waals surface area (Å²) in [5.41, 5.74) is 1.92. The number of rotatable bonds is 7. The van der Waals surface area contributed by atoms with Crippen molar-refractivity contribution >= 4 is 27.5 Å². The van der Waals surface area contributed by atoms with Crippen LogP contribution in [-0.4, -0.2) is 40.0 Å². The van der Waals surface area contributed by atoms with Gasteiger partial charge in [-0.05, 0) is 37.1 Å². The molecule has 0 spiro atoms. The van der Waals surface area contributed by atoms with E-state index in [2.05, 4.69) is 16.0 Å². The lowest BCUT2D eigenvalue weighted by Gasteiger charge is -2.25. The summed E-state index contributed by atoms with van der Waals surface area (Å²) in [5, 5.41) is 1.01. The standard InChI is InChI=1S/C21H23N3O2S/c25-21(11-10-20-23-18-8-1-2-9-19(18)27-20)24(15-17-7-5-13-26-17)14-16-6-3-4-12-22-16/h1-4,6,8-9,12,17H,5,7,10-11,13-15H2. The number of hydrogen-bond donors (Lipinski definition) is 0. The number of para-hydroxylation sites is 1. The maximum atomic E-state index is 12.9. The summed E-state index contributed by atoms with van der Waals surface area (Å²) in [6, 6.07) is 13.9. The van der Waals surface area contributed by atoms with Crippen LogP contribution in [0.4, 0.5) is 0 Å². The van der Waals surface area contributed by atoms with E-state index in [9.17, 15) is 4.79 Å². The third-order valence-electron chi connectivity index (χ3n) is 4.77. The SMILES string of the molecule is O=C(CCc1nc2ccccc2s1)N(Cc1ccccn1)CC1CCCO1. The van der Waals surface area contributed by atoms with Crippen molar-refractivity contribution < 1.29 is 9.53 Å². The van der Waals surface area contributed by atoms with E-state index in [1.807, 2.05) is 41.3 Å². The quantitative estimate of drug-likeness (QED) is 0.624. The zero-order valence-corrected chi connectivity index (χ0v) is 16.0. The number of carbonyl (C=O) groups excluding carboxylic acids is 1. The molecule has 1 saturated heterocycles. The molecule has 1 atom stereocenters. The molecule has 2 aromatic heterocycles. The zero-order valence-electron chi connectivity index (χ0n) is 15.2. The zero-order chi connectivity index (χ0) is 18.5. The molecule has 0 N–H and O–H groups in total. The molecule has 0 saturated carbocycles. The lowest BCUT2D eigenvalue weighted by Crippen LogP contribution is -2.37. The molecule has 140 valence electrons. The first-order valence-corrected chi connectivity index (χ1v) is 10.2. The van der Waals surface area contributed by atoms with Crippen molar-refractivity contribution in [1.29, 1.82) is 0 Å². The first kappa shape index (κ1) is 18.1. The van der Waals surface area contributed by atoms with Crippen LogP contribution in [0.2, 0.25) is 0 Å². The van der Waals surface area contributed by atoms with Gasteiger partial charge in [0.05, 0.1) is 33.6 Å². The highest BCUT2D eigenvalue weighted by atomic mass is 32.1. The predicted octanol–water partition coefficient (Wildman–Crippen LogP) is 3.83. The second kappa shape index (κ2) is 8.59. The lowest BCUT2D eigenvalue weighted by atomic mass is 10.2. The number of ether oxygens (including phenoxy) is 1. The van der Waals surface area contributed by atoms with E-state index in [1.165, 1.54) is 4.70 Å². The second-order valence-corrected chi connectivity index (χ2v) is 7.92. The summed E-state index contributed by atoms with van der Waals surface area (Å²) < 4.78 is 6.92. The molecule has 1 amide bonds. The van der Waals surface area contributed by atoms with Crippen molar-refractivity contribution in [3.05, 3.63) is 59.4 Å². The van der Waals surface area contributed by atoms with Crippen molar-refractivity contribution in [2.24, 2.45) is 0 Å². The Labute approximate surface area is 163 Å². The molecule has 4 rings (SSSR count). The average molecular weight is 382 g/mol. The van der Waals surface area contributed by atoms with Gasteiger partial charge in [0.25, 0.3) is 0 Å². The molecule has 0 bridgehead atoms. The molecule has 27 heavy (non-hydrogen) atoms. The average Bonchev–Trinajstić information content (AvgIpc) is 3.35. The summed E-state index contributed by atoms with van der Waals surface area (Å²) in [7, 11) is 0. The molecule has 0 radical (unpaired) electrons. The van der Waals surface area contributed by atoms with Crippen LogP contribution in [0.1, 0.15) is 30.0 Å². The number of aryl methyl sites for hydroxylation is 1. The van der Waals surface area contributed by atoms with Crippen molar-refractivity contribution in [2.45, 2.75) is 38.3 Å². The Morgan fingerprint density at radius 1 is 1.22 bits per heavy atom. The maximum absolute atomic E-state index is 12.9. The highest BCUT2D eigenvalue weighted by molar-refractivity contribution is 7.18. The van der Waals surface area contributed by atoms with Crippen LogP contribution in [0.15, 0.2) is 48.7 Å². The summed E-state index contributed by atoms with van der Waals surface area (Å²) >= 11 is 1.67. The van der Waals surface area contributed by atoms with Crippen LogP contribution >= 0.6 is 11.3 Å². The van der Waals surface area contributed by atoms with Gasteiger partial charge in [-0.3, -0.25) is 9.78 Å². The van der Waals surface area contributed by atoms with Crippen molar-refractivity contribution in [2.75, 3.05) is 13.2 Å². The number of pyridine rings is 1. The van der Waals surface area contributed by atoms with Crippen LogP contribution < -0.4 is 0 Å². The van der Waals surface area contributed by atoms with Gasteiger partial charge in [-0.1, -0.05) is 18.2 Å². The van der Waals surface area contributed by atoms with E-state index in [1.54, 1.807) is 17.5 Å². The first-order chi connectivity index (χ1) is 13.3. The Morgan fingerprint density at radius 3 is 2.89 bits per heavy atom. The highest BCUT2D eigenvalue weighted by Crippen LogP contribution is 2.23. The predicted molar refractivity (Wildman–Crippen MR) is 107 cm³/mol. The molecule has 3 heterocycles. The molecular formula is C21H23N3O2S. The van der Waals surface area contributed by atoms with Crippen LogP contribution in [0.25, 0.3) is 10.2 Å². The van der Waals surface area contributed by atoms with Gasteiger partial charge in [0.2, 0.25) is 5.91 Å². The van der Waals surface area contributed by atoms with E-state index < -0.39 is 0 Å². The molecule has 5 nitrogen and oxygen atoms in total. The van der Waals surface area contributed by atoms with Gasteiger partial charge in [0.1, 0.15) is 0 Å². The molecule has 1 aliphatic heterocycles. The lowest BCUT2D eigenvalue weighted by molar-refractivity contribution is -0.133. The third-order valence-corrected chi connectivity index (χ3v) is 5.87. The van der Waals surface area contributed by atoms with E-state index in [0.717, 1.165) is 35.7 Å². The number of nitrogens with zero attached hydrogens (tertiary/aromatic N) is 3. The Bertz CT molecular complexity index is 858. The minimum absolute atomic E-state index is 0.135. The highest BCUT2D eigenvalue weighted by Gasteiger charge is 2.23. The summed E-state index contributed by atoms with van der Waals surface area (Å²) in [4.78, 5) is 23.9. The number of thiazole rings is 1. The minimum Gasteiger partial charge on any atom is -0.376 e. The molecule has 1 aromatic carbocycles. The smallest absolute Gasteiger partial charge is 0.223 e. The van der Waals surface area contributed by atoms with Crippen molar-refractivity contribution in [3.8, 4) is 0 Å². The Balaban J connectivity index is 1.42.